The fraction of sp³-hybridized carbons (Fsp3) is 0.435. The number of tetrazole rings is 1. The van der Waals surface area contributed by atoms with Crippen molar-refractivity contribution in [1.29, 1.82) is 0 Å². The van der Waals surface area contributed by atoms with Crippen LogP contribution in [0, 0.1) is 5.92 Å². The van der Waals surface area contributed by atoms with Gasteiger partial charge in [0.05, 0.1) is 12.5 Å². The van der Waals surface area contributed by atoms with E-state index in [1.165, 1.54) is 7.05 Å². The molecule has 16 heteroatoms. The molecule has 0 radical (unpaired) electrons. The van der Waals surface area contributed by atoms with Crippen molar-refractivity contribution in [3.63, 3.8) is 0 Å². The largest absolute Gasteiger partial charge is 0.481 e. The van der Waals surface area contributed by atoms with E-state index in [-0.39, 0.29) is 36.5 Å². The number of likely N-dealkylation sites (N-methyl/N-ethyl adjacent to an activating group) is 1. The molecule has 0 spiro atoms. The molecule has 0 aliphatic carbocycles. The van der Waals surface area contributed by atoms with E-state index in [1.54, 1.807) is 24.3 Å². The molecule has 0 saturated carbocycles. The third-order valence-corrected chi connectivity index (χ3v) is 4.71. The predicted octanol–water partition coefficient (Wildman–Crippen LogP) is -0.677. The summed E-state index contributed by atoms with van der Waals surface area (Å²) < 4.78 is 0. The number of hydrazone groups is 1. The number of primary amides is 1. The maximum absolute atomic E-state index is 12.1. The van der Waals surface area contributed by atoms with E-state index in [9.17, 15) is 24.0 Å². The Bertz CT molecular complexity index is 1090. The van der Waals surface area contributed by atoms with Gasteiger partial charge in [-0.1, -0.05) is 37.3 Å². The second kappa shape index (κ2) is 17.5. The van der Waals surface area contributed by atoms with Crippen LogP contribution < -0.4 is 27.1 Å². The Labute approximate surface area is 224 Å². The van der Waals surface area contributed by atoms with Crippen molar-refractivity contribution < 1.29 is 29.1 Å². The number of benzene rings is 1. The summed E-state index contributed by atoms with van der Waals surface area (Å²) in [4.78, 5) is 56.4. The topological polar surface area (TPSA) is 247 Å². The first kappa shape index (κ1) is 32.1. The van der Waals surface area contributed by atoms with Gasteiger partial charge in [0.15, 0.2) is 5.82 Å². The third-order valence-electron chi connectivity index (χ3n) is 4.71. The van der Waals surface area contributed by atoms with Crippen molar-refractivity contribution in [2.24, 2.45) is 16.8 Å². The van der Waals surface area contributed by atoms with Crippen LogP contribution in [0.5, 0.6) is 0 Å². The highest BCUT2D eigenvalue weighted by atomic mass is 16.4. The molecule has 0 fully saturated rings. The van der Waals surface area contributed by atoms with Crippen LogP contribution in [-0.2, 0) is 20.8 Å². The van der Waals surface area contributed by atoms with Crippen LogP contribution >= 0.6 is 0 Å². The number of hydrogen-bond donors (Lipinski definition) is 7. The molecule has 5 amide bonds. The molecule has 1 aromatic heterocycles. The van der Waals surface area contributed by atoms with Crippen LogP contribution in [0.3, 0.4) is 0 Å². The van der Waals surface area contributed by atoms with Gasteiger partial charge in [-0.2, -0.15) is 10.3 Å². The number of aromatic nitrogens is 4. The van der Waals surface area contributed by atoms with Crippen molar-refractivity contribution >= 4 is 35.9 Å². The lowest BCUT2D eigenvalue weighted by Gasteiger charge is -2.16. The van der Waals surface area contributed by atoms with Gasteiger partial charge in [-0.05, 0) is 24.5 Å². The number of aliphatic carboxylic acids is 1. The number of nitrogens with zero attached hydrogens (tertiary/aromatic N) is 4. The Hall–Kier alpha value is -4.89. The molecule has 0 bridgehead atoms. The van der Waals surface area contributed by atoms with E-state index < -0.39 is 24.1 Å². The highest BCUT2D eigenvalue weighted by Crippen LogP contribution is 2.03. The third kappa shape index (κ3) is 14.4. The molecule has 212 valence electrons. The Balaban J connectivity index is 0.000000396. The number of nitrogens with one attached hydrogen (secondary N) is 5. The first-order valence-electron chi connectivity index (χ1n) is 11.9. The molecule has 2 rings (SSSR count). The van der Waals surface area contributed by atoms with Gasteiger partial charge in [-0.25, -0.2) is 10.2 Å². The summed E-state index contributed by atoms with van der Waals surface area (Å²) in [6.45, 7) is 3.74. The monoisotopic (exact) mass is 546 g/mol. The zero-order chi connectivity index (χ0) is 29.2. The fourth-order valence-electron chi connectivity index (χ4n) is 2.99. The van der Waals surface area contributed by atoms with Crippen LogP contribution in [0.4, 0.5) is 4.79 Å². The lowest BCUT2D eigenvalue weighted by molar-refractivity contribution is -0.137. The van der Waals surface area contributed by atoms with Gasteiger partial charge in [0.2, 0.25) is 11.8 Å². The van der Waals surface area contributed by atoms with Gasteiger partial charge >= 0.3 is 12.0 Å². The second-order valence-electron chi connectivity index (χ2n) is 8.50. The van der Waals surface area contributed by atoms with Gasteiger partial charge < -0.3 is 26.8 Å². The Morgan fingerprint density at radius 3 is 2.33 bits per heavy atom. The molecule has 0 aliphatic heterocycles. The van der Waals surface area contributed by atoms with Crippen molar-refractivity contribution in [3.8, 4) is 0 Å². The molecular formula is C23H34N10O6. The summed E-state index contributed by atoms with van der Waals surface area (Å²) in [6.07, 6.45) is 1.90. The number of rotatable bonds is 13. The molecule has 16 nitrogen and oxygen atoms in total. The van der Waals surface area contributed by atoms with E-state index in [0.29, 0.717) is 24.2 Å². The summed E-state index contributed by atoms with van der Waals surface area (Å²) in [5, 5.41) is 33.3. The molecule has 0 aliphatic rings. The minimum atomic E-state index is -1.09. The first-order valence-corrected chi connectivity index (χ1v) is 11.9. The van der Waals surface area contributed by atoms with E-state index in [4.69, 9.17) is 10.8 Å². The maximum Gasteiger partial charge on any atom is 0.332 e. The summed E-state index contributed by atoms with van der Waals surface area (Å²) >= 11 is 0. The smallest absolute Gasteiger partial charge is 0.332 e. The van der Waals surface area contributed by atoms with Crippen molar-refractivity contribution in [3.05, 3.63) is 41.7 Å². The molecule has 2 aromatic rings. The predicted molar refractivity (Wildman–Crippen MR) is 139 cm³/mol. The zero-order valence-corrected chi connectivity index (χ0v) is 21.9. The normalized spacial score (nSPS) is 12.0. The number of carboxylic acid groups (broad SMARTS) is 1. The van der Waals surface area contributed by atoms with Gasteiger partial charge in [-0.3, -0.25) is 19.2 Å². The minimum absolute atomic E-state index is 0.163. The Morgan fingerprint density at radius 1 is 1.10 bits per heavy atom. The summed E-state index contributed by atoms with van der Waals surface area (Å²) in [5.41, 5.74) is 7.21. The fourth-order valence-corrected chi connectivity index (χ4v) is 2.99. The number of aromatic amines is 1. The number of carbonyl (C=O) groups excluding carboxylic acids is 4. The molecule has 8 N–H and O–H groups in total. The van der Waals surface area contributed by atoms with E-state index >= 15 is 0 Å². The van der Waals surface area contributed by atoms with Crippen molar-refractivity contribution in [1.82, 2.24) is 42.0 Å². The Morgan fingerprint density at radius 2 is 1.79 bits per heavy atom. The average molecular weight is 547 g/mol. The number of carboxylic acids is 1. The average Bonchev–Trinajstić information content (AvgIpc) is 3.39. The SMILES string of the molecule is CC(C)CC(=O)N[C@H](/C=N/NC(N)=O)CC(=O)O.CNC(=O)[C@H](CCc1nn[nH]n1)NC(=O)c1ccccc1. The summed E-state index contributed by atoms with van der Waals surface area (Å²) in [5.74, 6) is -1.26. The van der Waals surface area contributed by atoms with E-state index in [2.05, 4.69) is 41.7 Å². The van der Waals surface area contributed by atoms with Gasteiger partial charge in [0, 0.05) is 31.7 Å². The maximum atomic E-state index is 12.1. The first-order chi connectivity index (χ1) is 18.5. The number of nitrogens with two attached hydrogens (primary N) is 1. The standard InChI is InChI=1S/C13H16N6O2.C10H18N4O4/c1-14-13(21)10(7-8-11-16-18-19-17-11)15-12(20)9-5-3-2-4-6-9;1-6(2)3-8(15)13-7(4-9(16)17)5-12-14-10(11)18/h2-6,10H,7-8H2,1H3,(H,14,21)(H,15,20)(H,16,17,18,19);5-7H,3-4H2,1-2H3,(H,13,15)(H,16,17)(H3,11,14,18)/b;12-5+/t10-;7-/m00/s1. The lowest BCUT2D eigenvalue weighted by atomic mass is 10.1. The quantitative estimate of drug-likeness (QED) is 0.124. The lowest BCUT2D eigenvalue weighted by Crippen LogP contribution is -2.46. The van der Waals surface area contributed by atoms with Crippen molar-refractivity contribution in [2.45, 2.75) is 51.6 Å². The molecule has 39 heavy (non-hydrogen) atoms. The van der Waals surface area contributed by atoms with E-state index in [1.807, 2.05) is 25.3 Å². The molecule has 1 heterocycles. The van der Waals surface area contributed by atoms with E-state index in [0.717, 1.165) is 6.21 Å². The molecule has 0 saturated heterocycles. The zero-order valence-electron chi connectivity index (χ0n) is 21.9. The highest BCUT2D eigenvalue weighted by molar-refractivity contribution is 5.97. The highest BCUT2D eigenvalue weighted by Gasteiger charge is 2.21. The number of hydrogen-bond acceptors (Lipinski definition) is 9. The molecule has 2 atom stereocenters. The van der Waals surface area contributed by atoms with Gasteiger partial charge in [0.1, 0.15) is 6.04 Å². The molecule has 1 aromatic carbocycles. The van der Waals surface area contributed by atoms with Crippen LogP contribution in [-0.4, -0.2) is 80.8 Å². The van der Waals surface area contributed by atoms with Crippen LogP contribution in [0.15, 0.2) is 35.4 Å². The summed E-state index contributed by atoms with van der Waals surface area (Å²) in [6, 6.07) is 6.43. The minimum Gasteiger partial charge on any atom is -0.481 e. The molecule has 0 unspecified atom stereocenters. The van der Waals surface area contributed by atoms with Crippen LogP contribution in [0.2, 0.25) is 0 Å². The second-order valence-corrected chi connectivity index (χ2v) is 8.50. The van der Waals surface area contributed by atoms with Gasteiger partial charge in [-0.15, -0.1) is 10.2 Å². The Kier molecular flexibility index (Phi) is 14.5. The number of H-pyrrole nitrogens is 1. The number of urea groups is 1. The number of aryl methyl sites for hydroxylation is 1. The number of carbonyl (C=O) groups is 5. The van der Waals surface area contributed by atoms with Crippen molar-refractivity contribution in [2.75, 3.05) is 7.05 Å². The van der Waals surface area contributed by atoms with Crippen LogP contribution in [0.1, 0.15) is 49.3 Å². The number of amides is 5. The summed E-state index contributed by atoms with van der Waals surface area (Å²) in [7, 11) is 1.53. The van der Waals surface area contributed by atoms with Gasteiger partial charge in [0.25, 0.3) is 5.91 Å². The van der Waals surface area contributed by atoms with Crippen LogP contribution in [0.25, 0.3) is 0 Å². The molecular weight excluding hydrogens is 512 g/mol.